The lowest BCUT2D eigenvalue weighted by atomic mass is 9.91. The molecular weight excluding hydrogens is 594 g/mol. The van der Waals surface area contributed by atoms with E-state index in [1.165, 1.54) is 6.92 Å². The second-order valence-corrected chi connectivity index (χ2v) is 13.3. The lowest BCUT2D eigenvalue weighted by Crippen LogP contribution is -2.58. The van der Waals surface area contributed by atoms with E-state index in [1.54, 1.807) is 46.1 Å². The van der Waals surface area contributed by atoms with Gasteiger partial charge in [0, 0.05) is 52.6 Å². The number of morpholine rings is 1. The molecule has 14 heteroatoms. The second kappa shape index (κ2) is 14.9. The van der Waals surface area contributed by atoms with Gasteiger partial charge in [0.2, 0.25) is 17.7 Å². The van der Waals surface area contributed by atoms with E-state index in [9.17, 15) is 24.0 Å². The number of benzene rings is 1. The van der Waals surface area contributed by atoms with E-state index < -0.39 is 35.5 Å². The molecule has 252 valence electrons. The van der Waals surface area contributed by atoms with Crippen molar-refractivity contribution in [1.29, 1.82) is 0 Å². The molecule has 46 heavy (non-hydrogen) atoms. The number of carbonyl (C=O) groups excluding carboxylic acids is 5. The van der Waals surface area contributed by atoms with E-state index in [4.69, 9.17) is 14.5 Å². The number of nitrogens with one attached hydrogen (secondary N) is 2. The number of piperidine rings is 1. The Morgan fingerprint density at radius 3 is 2.39 bits per heavy atom. The molecule has 0 unspecified atom stereocenters. The number of likely N-dealkylation sites (tertiary alicyclic amines) is 1. The normalized spacial score (nSPS) is 18.8. The highest BCUT2D eigenvalue weighted by atomic mass is 16.6. The van der Waals surface area contributed by atoms with Crippen LogP contribution in [0.4, 0.5) is 4.79 Å². The molecule has 2 aliphatic rings. The predicted molar refractivity (Wildman–Crippen MR) is 169 cm³/mol. The number of ether oxygens (including phenoxy) is 2. The lowest BCUT2D eigenvalue weighted by molar-refractivity contribution is -0.142. The van der Waals surface area contributed by atoms with Crippen LogP contribution in [-0.2, 0) is 30.4 Å². The van der Waals surface area contributed by atoms with Crippen LogP contribution in [0.25, 0.3) is 11.0 Å². The summed E-state index contributed by atoms with van der Waals surface area (Å²) in [6.45, 7) is 13.4. The van der Waals surface area contributed by atoms with Crippen molar-refractivity contribution < 1.29 is 33.4 Å². The Morgan fingerprint density at radius 1 is 1.04 bits per heavy atom. The van der Waals surface area contributed by atoms with Crippen LogP contribution in [0.3, 0.4) is 0 Å². The molecule has 0 spiro atoms. The van der Waals surface area contributed by atoms with Gasteiger partial charge in [0.15, 0.2) is 5.82 Å². The Hall–Kier alpha value is -4.20. The number of fused-ring (bicyclic) bond motifs is 1. The highest BCUT2D eigenvalue weighted by Gasteiger charge is 2.42. The highest BCUT2D eigenvalue weighted by molar-refractivity contribution is 5.95. The van der Waals surface area contributed by atoms with Crippen LogP contribution in [0.1, 0.15) is 65.0 Å². The quantitative estimate of drug-likeness (QED) is 0.416. The molecule has 4 rings (SSSR count). The zero-order chi connectivity index (χ0) is 33.6. The van der Waals surface area contributed by atoms with Gasteiger partial charge in [0.25, 0.3) is 5.91 Å². The fraction of sp³-hybridized carbons (Fsp3) is 0.625. The summed E-state index contributed by atoms with van der Waals surface area (Å²) in [7, 11) is 0. The SMILES string of the molecule is CC(=O)NNC(=O)CCn1c(C(=O)N(CC(C)C)[C@H]2C[C@@H](C(=O)N3CCOCC3)CN(C(=O)OC(C)(C)C)C2)nc2ccccc21. The average Bonchev–Trinajstić information content (AvgIpc) is 3.38. The first-order chi connectivity index (χ1) is 21.7. The first-order valence-electron chi connectivity index (χ1n) is 15.9. The van der Waals surface area contributed by atoms with Crippen molar-refractivity contribution in [1.82, 2.24) is 35.1 Å². The standard InChI is InChI=1S/C32H47N7O7/c1-21(2)18-39(30(43)28-33-25-9-7-8-10-26(25)38(28)12-11-27(41)35-34-22(3)40)24-17-23(29(42)36-13-15-45-16-14-36)19-37(20-24)31(44)46-32(4,5)6/h7-10,21,23-24H,11-20H2,1-6H3,(H,34,40)(H,35,41)/t23-,24+/m1/s1. The number of aromatic nitrogens is 2. The Kier molecular flexibility index (Phi) is 11.3. The van der Waals surface area contributed by atoms with Crippen molar-refractivity contribution in [3.05, 3.63) is 30.1 Å². The minimum atomic E-state index is -0.738. The monoisotopic (exact) mass is 641 g/mol. The summed E-state index contributed by atoms with van der Waals surface area (Å²) in [5.41, 5.74) is 5.17. The molecule has 0 bridgehead atoms. The van der Waals surface area contributed by atoms with Gasteiger partial charge >= 0.3 is 6.09 Å². The zero-order valence-electron chi connectivity index (χ0n) is 27.7. The zero-order valence-corrected chi connectivity index (χ0v) is 27.7. The molecule has 1 aromatic carbocycles. The number of amides is 5. The van der Waals surface area contributed by atoms with Crippen molar-refractivity contribution in [2.24, 2.45) is 11.8 Å². The smallest absolute Gasteiger partial charge is 0.410 e. The van der Waals surface area contributed by atoms with Crippen LogP contribution < -0.4 is 10.9 Å². The van der Waals surface area contributed by atoms with Gasteiger partial charge in [-0.05, 0) is 45.2 Å². The topological polar surface area (TPSA) is 155 Å². The van der Waals surface area contributed by atoms with Crippen molar-refractivity contribution in [3.63, 3.8) is 0 Å². The Morgan fingerprint density at radius 2 is 1.74 bits per heavy atom. The lowest BCUT2D eigenvalue weighted by Gasteiger charge is -2.44. The third-order valence-electron chi connectivity index (χ3n) is 7.80. The molecule has 0 aliphatic carbocycles. The van der Waals surface area contributed by atoms with Gasteiger partial charge in [-0.3, -0.25) is 30.0 Å². The van der Waals surface area contributed by atoms with Crippen LogP contribution in [0.2, 0.25) is 0 Å². The molecule has 14 nitrogen and oxygen atoms in total. The molecule has 1 aromatic heterocycles. The molecule has 2 aromatic rings. The van der Waals surface area contributed by atoms with E-state index in [0.717, 1.165) is 0 Å². The van der Waals surface area contributed by atoms with Crippen LogP contribution in [0, 0.1) is 11.8 Å². The van der Waals surface area contributed by atoms with E-state index in [0.29, 0.717) is 50.3 Å². The largest absolute Gasteiger partial charge is 0.444 e. The number of nitrogens with zero attached hydrogens (tertiary/aromatic N) is 5. The molecule has 2 fully saturated rings. The van der Waals surface area contributed by atoms with Crippen LogP contribution >= 0.6 is 0 Å². The maximum Gasteiger partial charge on any atom is 0.410 e. The number of rotatable bonds is 8. The third kappa shape index (κ3) is 8.95. The Bertz CT molecular complexity index is 1430. The first-order valence-corrected chi connectivity index (χ1v) is 15.9. The molecular formula is C32H47N7O7. The second-order valence-electron chi connectivity index (χ2n) is 13.3. The summed E-state index contributed by atoms with van der Waals surface area (Å²) in [4.78, 5) is 75.1. The van der Waals surface area contributed by atoms with Gasteiger partial charge < -0.3 is 28.7 Å². The number of carbonyl (C=O) groups is 5. The van der Waals surface area contributed by atoms with Crippen molar-refractivity contribution >= 4 is 40.8 Å². The minimum Gasteiger partial charge on any atom is -0.444 e. The van der Waals surface area contributed by atoms with Gasteiger partial charge in [-0.25, -0.2) is 9.78 Å². The van der Waals surface area contributed by atoms with Gasteiger partial charge in [0.1, 0.15) is 5.60 Å². The average molecular weight is 642 g/mol. The van der Waals surface area contributed by atoms with Crippen LogP contribution in [0.15, 0.2) is 24.3 Å². The fourth-order valence-corrected chi connectivity index (χ4v) is 5.81. The number of hydrogen-bond acceptors (Lipinski definition) is 8. The molecule has 5 amide bonds. The summed E-state index contributed by atoms with van der Waals surface area (Å²) in [5, 5.41) is 0. The molecule has 2 atom stereocenters. The number of aryl methyl sites for hydroxylation is 1. The summed E-state index contributed by atoms with van der Waals surface area (Å²) < 4.78 is 12.9. The maximum atomic E-state index is 14.6. The van der Waals surface area contributed by atoms with Crippen molar-refractivity contribution in [2.45, 2.75) is 72.6 Å². The summed E-state index contributed by atoms with van der Waals surface area (Å²) in [6.07, 6.45) is -0.184. The van der Waals surface area contributed by atoms with Gasteiger partial charge in [0.05, 0.1) is 36.2 Å². The van der Waals surface area contributed by atoms with Gasteiger partial charge in [-0.2, -0.15) is 0 Å². The van der Waals surface area contributed by atoms with E-state index in [1.807, 2.05) is 32.0 Å². The molecule has 2 aliphatic heterocycles. The Labute approximate surface area is 269 Å². The number of hydrazine groups is 1. The number of hydrogen-bond donors (Lipinski definition) is 2. The number of para-hydroxylation sites is 2. The molecule has 2 saturated heterocycles. The van der Waals surface area contributed by atoms with Crippen molar-refractivity contribution in [2.75, 3.05) is 45.9 Å². The first kappa shape index (κ1) is 34.7. The van der Waals surface area contributed by atoms with Crippen LogP contribution in [0.5, 0.6) is 0 Å². The van der Waals surface area contributed by atoms with Gasteiger partial charge in [-0.1, -0.05) is 26.0 Å². The summed E-state index contributed by atoms with van der Waals surface area (Å²) >= 11 is 0. The third-order valence-corrected chi connectivity index (χ3v) is 7.80. The molecule has 3 heterocycles. The molecule has 0 saturated carbocycles. The minimum absolute atomic E-state index is 0.0168. The van der Waals surface area contributed by atoms with Crippen molar-refractivity contribution in [3.8, 4) is 0 Å². The maximum absolute atomic E-state index is 14.6. The predicted octanol–water partition coefficient (Wildman–Crippen LogP) is 2.18. The summed E-state index contributed by atoms with van der Waals surface area (Å²) in [6, 6.07) is 6.79. The van der Waals surface area contributed by atoms with Crippen LogP contribution in [-0.4, -0.2) is 112 Å². The molecule has 0 radical (unpaired) electrons. The number of imidazole rings is 1. The van der Waals surface area contributed by atoms with E-state index in [-0.39, 0.29) is 49.6 Å². The van der Waals surface area contributed by atoms with Gasteiger partial charge in [-0.15, -0.1) is 0 Å². The molecule has 2 N–H and O–H groups in total. The van der Waals surface area contributed by atoms with E-state index >= 15 is 0 Å². The highest BCUT2D eigenvalue weighted by Crippen LogP contribution is 2.28. The fourth-order valence-electron chi connectivity index (χ4n) is 5.81. The Balaban J connectivity index is 1.67. The summed E-state index contributed by atoms with van der Waals surface area (Å²) in [5.74, 6) is -1.58. The van der Waals surface area contributed by atoms with E-state index in [2.05, 4.69) is 10.9 Å².